The van der Waals surface area contributed by atoms with Crippen molar-refractivity contribution >= 4 is 59.9 Å². The predicted molar refractivity (Wildman–Crippen MR) is 163 cm³/mol. The van der Waals surface area contributed by atoms with E-state index in [1.54, 1.807) is 0 Å². The van der Waals surface area contributed by atoms with Crippen molar-refractivity contribution in [3.63, 3.8) is 0 Å². The summed E-state index contributed by atoms with van der Waals surface area (Å²) in [6.07, 6.45) is 9.38. The maximum absolute atomic E-state index is 12.9. The standard InChI is InChI=1S/C29H42N6O8S/c36-22(12-18-34-25(39)8-9-26(34)40)30-16-6-3-7-21(33-24(38)13-19-35-27(41)10-11-28(35)42)29(43)32-17-5-2-1-4-15-31-23(37)14-20-44/h8-11,21,44H,1-7,12-20H2,(H,30,36)(H,31,37)(H,32,43)(H,33,38). The third-order valence-corrected chi connectivity index (χ3v) is 7.11. The first-order valence-corrected chi connectivity index (χ1v) is 15.5. The number of nitrogens with one attached hydrogen (secondary N) is 4. The molecule has 0 aromatic heterocycles. The van der Waals surface area contributed by atoms with Gasteiger partial charge in [0.15, 0.2) is 0 Å². The molecule has 1 atom stereocenters. The van der Waals surface area contributed by atoms with Crippen LogP contribution in [0.3, 0.4) is 0 Å². The molecule has 242 valence electrons. The monoisotopic (exact) mass is 634 g/mol. The average molecular weight is 635 g/mol. The fourth-order valence-corrected chi connectivity index (χ4v) is 4.61. The molecule has 0 aliphatic carbocycles. The van der Waals surface area contributed by atoms with Gasteiger partial charge in [-0.1, -0.05) is 12.8 Å². The van der Waals surface area contributed by atoms with Gasteiger partial charge in [-0.05, 0) is 37.9 Å². The predicted octanol–water partition coefficient (Wildman–Crippen LogP) is -0.499. The molecule has 2 aliphatic rings. The minimum atomic E-state index is -0.844. The maximum atomic E-state index is 12.9. The minimum Gasteiger partial charge on any atom is -0.356 e. The van der Waals surface area contributed by atoms with Crippen LogP contribution in [0.25, 0.3) is 0 Å². The number of rotatable bonds is 22. The van der Waals surface area contributed by atoms with E-state index in [0.717, 1.165) is 59.8 Å². The first kappa shape index (κ1) is 36.2. The van der Waals surface area contributed by atoms with Gasteiger partial charge in [0.05, 0.1) is 0 Å². The summed E-state index contributed by atoms with van der Waals surface area (Å²) in [5, 5.41) is 11.1. The van der Waals surface area contributed by atoms with Crippen LogP contribution < -0.4 is 21.3 Å². The SMILES string of the molecule is O=C(CCS)NCCCCCCNC(=O)C(CCCCNC(=O)CCN1C(=O)C=CC1=O)NC(=O)CCN1C(=O)C=CC1=O. The Hall–Kier alpha value is -4.01. The highest BCUT2D eigenvalue weighted by Gasteiger charge is 2.26. The number of hydrogen-bond donors (Lipinski definition) is 5. The summed E-state index contributed by atoms with van der Waals surface area (Å²) < 4.78 is 0. The summed E-state index contributed by atoms with van der Waals surface area (Å²) >= 11 is 4.02. The molecule has 0 saturated carbocycles. The number of imide groups is 2. The summed E-state index contributed by atoms with van der Waals surface area (Å²) in [5.41, 5.74) is 0. The van der Waals surface area contributed by atoms with Gasteiger partial charge >= 0.3 is 0 Å². The molecular formula is C29H42N6O8S. The smallest absolute Gasteiger partial charge is 0.253 e. The minimum absolute atomic E-state index is 0.0115. The van der Waals surface area contributed by atoms with Crippen molar-refractivity contribution in [3.8, 4) is 0 Å². The molecular weight excluding hydrogens is 592 g/mol. The molecule has 0 saturated heterocycles. The Morgan fingerprint density at radius 1 is 0.591 bits per heavy atom. The summed E-state index contributed by atoms with van der Waals surface area (Å²) in [7, 11) is 0. The van der Waals surface area contributed by atoms with Crippen LogP contribution in [0.2, 0.25) is 0 Å². The lowest BCUT2D eigenvalue weighted by molar-refractivity contribution is -0.139. The number of carbonyl (C=O) groups is 8. The lowest BCUT2D eigenvalue weighted by Gasteiger charge is -2.20. The third kappa shape index (κ3) is 13.5. The van der Waals surface area contributed by atoms with Crippen LogP contribution in [0.4, 0.5) is 0 Å². The normalized spacial score (nSPS) is 14.8. The molecule has 0 spiro atoms. The molecule has 0 bridgehead atoms. The van der Waals surface area contributed by atoms with Gasteiger partial charge in [-0.25, -0.2) is 0 Å². The zero-order valence-corrected chi connectivity index (χ0v) is 25.7. The quantitative estimate of drug-likeness (QED) is 0.0598. The van der Waals surface area contributed by atoms with Crippen molar-refractivity contribution < 1.29 is 38.4 Å². The lowest BCUT2D eigenvalue weighted by atomic mass is 10.1. The Balaban J connectivity index is 1.72. The molecule has 15 heteroatoms. The van der Waals surface area contributed by atoms with Crippen molar-refractivity contribution in [1.82, 2.24) is 31.1 Å². The second kappa shape index (κ2) is 20.0. The van der Waals surface area contributed by atoms with E-state index in [-0.39, 0.29) is 43.7 Å². The summed E-state index contributed by atoms with van der Waals surface area (Å²) in [6.45, 7) is 1.20. The zero-order valence-electron chi connectivity index (χ0n) is 24.8. The number of thiol groups is 1. The average Bonchev–Trinajstić information content (AvgIpc) is 3.49. The van der Waals surface area contributed by atoms with Crippen molar-refractivity contribution in [2.75, 3.05) is 38.5 Å². The second-order valence-electron chi connectivity index (χ2n) is 10.3. The van der Waals surface area contributed by atoms with Gasteiger partial charge in [-0.15, -0.1) is 0 Å². The molecule has 0 aromatic carbocycles. The highest BCUT2D eigenvalue weighted by Crippen LogP contribution is 2.07. The molecule has 1 unspecified atom stereocenters. The van der Waals surface area contributed by atoms with Gasteiger partial charge in [0.25, 0.3) is 23.6 Å². The number of carbonyl (C=O) groups excluding carboxylic acids is 8. The Bertz CT molecular complexity index is 1100. The highest BCUT2D eigenvalue weighted by atomic mass is 32.1. The van der Waals surface area contributed by atoms with Gasteiger partial charge in [-0.2, -0.15) is 12.6 Å². The van der Waals surface area contributed by atoms with Crippen LogP contribution >= 0.6 is 12.6 Å². The van der Waals surface area contributed by atoms with E-state index in [4.69, 9.17) is 0 Å². The van der Waals surface area contributed by atoms with Crippen molar-refractivity contribution in [3.05, 3.63) is 24.3 Å². The fraction of sp³-hybridized carbons (Fsp3) is 0.586. The van der Waals surface area contributed by atoms with Crippen LogP contribution in [-0.2, 0) is 38.4 Å². The molecule has 8 amide bonds. The largest absolute Gasteiger partial charge is 0.356 e. The molecule has 0 fully saturated rings. The number of nitrogens with zero attached hydrogens (tertiary/aromatic N) is 2. The summed E-state index contributed by atoms with van der Waals surface area (Å²) in [5.74, 6) is -2.56. The number of amides is 8. The molecule has 2 heterocycles. The first-order valence-electron chi connectivity index (χ1n) is 14.9. The lowest BCUT2D eigenvalue weighted by Crippen LogP contribution is -2.47. The van der Waals surface area contributed by atoms with E-state index >= 15 is 0 Å². The molecule has 2 aliphatic heterocycles. The van der Waals surface area contributed by atoms with E-state index in [9.17, 15) is 38.4 Å². The van der Waals surface area contributed by atoms with Gasteiger partial charge < -0.3 is 21.3 Å². The summed E-state index contributed by atoms with van der Waals surface area (Å²) in [4.78, 5) is 97.6. The van der Waals surface area contributed by atoms with Gasteiger partial charge in [0, 0.05) is 76.3 Å². The topological polar surface area (TPSA) is 191 Å². The van der Waals surface area contributed by atoms with E-state index in [0.29, 0.717) is 51.1 Å². The van der Waals surface area contributed by atoms with Gasteiger partial charge in [0.2, 0.25) is 23.6 Å². The third-order valence-electron chi connectivity index (χ3n) is 6.88. The Morgan fingerprint density at radius 2 is 1.02 bits per heavy atom. The molecule has 4 N–H and O–H groups in total. The zero-order chi connectivity index (χ0) is 32.3. The number of unbranched alkanes of at least 4 members (excludes halogenated alkanes) is 4. The van der Waals surface area contributed by atoms with Crippen LogP contribution in [0.5, 0.6) is 0 Å². The number of hydrogen-bond acceptors (Lipinski definition) is 9. The van der Waals surface area contributed by atoms with E-state index in [1.807, 2.05) is 0 Å². The van der Waals surface area contributed by atoms with Crippen molar-refractivity contribution in [2.45, 2.75) is 70.3 Å². The van der Waals surface area contributed by atoms with Crippen LogP contribution in [-0.4, -0.2) is 102 Å². The fourth-order valence-electron chi connectivity index (χ4n) is 4.41. The summed E-state index contributed by atoms with van der Waals surface area (Å²) in [6, 6.07) is -0.844. The highest BCUT2D eigenvalue weighted by molar-refractivity contribution is 7.80. The van der Waals surface area contributed by atoms with E-state index in [1.165, 1.54) is 0 Å². The molecule has 14 nitrogen and oxygen atoms in total. The first-order chi connectivity index (χ1) is 21.1. The Kier molecular flexibility index (Phi) is 16.5. The Labute approximate surface area is 262 Å². The molecule has 0 radical (unpaired) electrons. The van der Waals surface area contributed by atoms with Crippen molar-refractivity contribution in [2.24, 2.45) is 0 Å². The second-order valence-corrected chi connectivity index (χ2v) is 10.8. The van der Waals surface area contributed by atoms with Crippen LogP contribution in [0.1, 0.15) is 64.2 Å². The van der Waals surface area contributed by atoms with Gasteiger partial charge in [-0.3, -0.25) is 48.2 Å². The molecule has 2 rings (SSSR count). The van der Waals surface area contributed by atoms with Crippen LogP contribution in [0.15, 0.2) is 24.3 Å². The van der Waals surface area contributed by atoms with E-state index in [2.05, 4.69) is 33.9 Å². The van der Waals surface area contributed by atoms with Crippen LogP contribution in [0, 0.1) is 0 Å². The van der Waals surface area contributed by atoms with Gasteiger partial charge in [0.1, 0.15) is 6.04 Å². The maximum Gasteiger partial charge on any atom is 0.253 e. The van der Waals surface area contributed by atoms with E-state index < -0.39 is 35.6 Å². The Morgan fingerprint density at radius 3 is 1.52 bits per heavy atom. The molecule has 44 heavy (non-hydrogen) atoms. The molecule has 0 aromatic rings. The van der Waals surface area contributed by atoms with Crippen molar-refractivity contribution in [1.29, 1.82) is 0 Å².